The maximum absolute atomic E-state index is 12.2. The number of hydrogen-bond donors (Lipinski definition) is 1. The number of sulfone groups is 4. The van der Waals surface area contributed by atoms with Gasteiger partial charge in [0.05, 0.1) is 116 Å². The Labute approximate surface area is 690 Å². The summed E-state index contributed by atoms with van der Waals surface area (Å²) in [6, 6.07) is 0. The van der Waals surface area contributed by atoms with Gasteiger partial charge in [-0.1, -0.05) is 28.7 Å². The molecule has 6 saturated heterocycles. The number of likely N-dealkylation sites (tertiary alicyclic amines) is 2. The molecule has 26 nitrogen and oxygen atoms in total. The molecule has 1 unspecified atom stereocenters. The second-order valence-corrected chi connectivity index (χ2v) is 47.9. The third-order valence-electron chi connectivity index (χ3n) is 23.0. The molecule has 114 heavy (non-hydrogen) atoms. The summed E-state index contributed by atoms with van der Waals surface area (Å²) in [5.41, 5.74) is 7.66. The van der Waals surface area contributed by atoms with Gasteiger partial charge in [0.1, 0.15) is 0 Å². The average molecular weight is 1670 g/mol. The van der Waals surface area contributed by atoms with E-state index in [1.807, 2.05) is 72.6 Å². The van der Waals surface area contributed by atoms with E-state index in [1.54, 1.807) is 25.3 Å². The Bertz CT molecular complexity index is 4030. The minimum absolute atomic E-state index is 0. The zero-order valence-electron chi connectivity index (χ0n) is 73.1. The van der Waals surface area contributed by atoms with E-state index in [1.165, 1.54) is 63.3 Å². The van der Waals surface area contributed by atoms with Crippen LogP contribution in [0.15, 0.2) is 68.9 Å². The van der Waals surface area contributed by atoms with E-state index in [9.17, 15) is 33.7 Å². The fourth-order valence-corrected chi connectivity index (χ4v) is 21.9. The highest BCUT2D eigenvalue weighted by atomic mass is 32.2. The van der Waals surface area contributed by atoms with E-state index >= 15 is 0 Å². The van der Waals surface area contributed by atoms with Gasteiger partial charge < -0.3 is 27.8 Å². The van der Waals surface area contributed by atoms with Gasteiger partial charge in [-0.05, 0) is 216 Å². The van der Waals surface area contributed by atoms with Crippen molar-refractivity contribution < 1.29 is 33.7 Å². The highest BCUT2D eigenvalue weighted by molar-refractivity contribution is 7.93. The van der Waals surface area contributed by atoms with Gasteiger partial charge in [0.25, 0.3) is 0 Å². The van der Waals surface area contributed by atoms with Crippen molar-refractivity contribution in [2.24, 2.45) is 11.8 Å². The number of aromatic amines is 1. The summed E-state index contributed by atoms with van der Waals surface area (Å²) in [5, 5.41) is -1.36. The molecular weight excluding hydrogens is 1520 g/mol. The van der Waals surface area contributed by atoms with Gasteiger partial charge in [-0.3, -0.25) is 29.4 Å². The number of imidazole rings is 6. The lowest BCUT2D eigenvalue weighted by molar-refractivity contribution is 0.0733. The van der Waals surface area contributed by atoms with Crippen LogP contribution in [-0.2, 0) is 91.3 Å². The van der Waals surface area contributed by atoms with Crippen molar-refractivity contribution in [1.82, 2.24) is 87.1 Å². The van der Waals surface area contributed by atoms with Crippen LogP contribution in [0.2, 0.25) is 0 Å². The molecule has 30 heteroatoms. The maximum Gasteiger partial charge on any atom is 0.157 e. The third-order valence-corrected chi connectivity index (χ3v) is 31.2. The van der Waals surface area contributed by atoms with Crippen LogP contribution in [0.1, 0.15) is 219 Å². The summed E-state index contributed by atoms with van der Waals surface area (Å²) in [4.78, 5) is 42.8. The Morgan fingerprint density at radius 2 is 0.614 bits per heavy atom. The van der Waals surface area contributed by atoms with Crippen LogP contribution in [-0.4, -0.2) is 277 Å². The van der Waals surface area contributed by atoms with Crippen LogP contribution < -0.4 is 0 Å². The van der Waals surface area contributed by atoms with Crippen molar-refractivity contribution in [1.29, 1.82) is 0 Å². The van der Waals surface area contributed by atoms with Crippen LogP contribution >= 0.6 is 0 Å². The summed E-state index contributed by atoms with van der Waals surface area (Å²) in [5.74, 6) is 2.56. The zero-order chi connectivity index (χ0) is 83.4. The third kappa shape index (κ3) is 30.6. The number of H-pyrrole nitrogens is 1. The number of aromatic nitrogens is 12. The lowest BCUT2D eigenvalue weighted by atomic mass is 9.93. The molecule has 0 amide bonds. The van der Waals surface area contributed by atoms with Crippen LogP contribution in [0.25, 0.3) is 0 Å². The second-order valence-electron chi connectivity index (χ2n) is 38.3. The molecule has 6 aromatic rings. The summed E-state index contributed by atoms with van der Waals surface area (Å²) >= 11 is 0. The Morgan fingerprint density at radius 1 is 0.351 bits per heavy atom. The molecule has 12 rings (SSSR count). The molecule has 0 spiro atoms. The van der Waals surface area contributed by atoms with Crippen molar-refractivity contribution in [2.75, 3.05) is 102 Å². The molecule has 6 aromatic heterocycles. The first-order valence-corrected chi connectivity index (χ1v) is 47.9. The highest BCUT2D eigenvalue weighted by Crippen LogP contribution is 2.30. The molecule has 6 aliphatic heterocycles. The van der Waals surface area contributed by atoms with E-state index in [-0.39, 0.29) is 81.0 Å². The molecule has 0 aliphatic carbocycles. The molecule has 6 fully saturated rings. The predicted molar refractivity (Wildman–Crippen MR) is 468 cm³/mol. The maximum atomic E-state index is 12.2. The summed E-state index contributed by atoms with van der Waals surface area (Å²) in [7, 11) is -12.0. The van der Waals surface area contributed by atoms with Crippen LogP contribution in [0.3, 0.4) is 0 Å². The lowest BCUT2D eigenvalue weighted by Gasteiger charge is -2.41. The Kier molecular flexibility index (Phi) is 35.9. The number of aryl methyl sites for hydroxylation is 6. The van der Waals surface area contributed by atoms with Gasteiger partial charge in [-0.25, -0.2) is 63.6 Å². The quantitative estimate of drug-likeness (QED) is 0.106. The molecule has 652 valence electrons. The van der Waals surface area contributed by atoms with Crippen LogP contribution in [0.4, 0.5) is 0 Å². The first-order valence-electron chi connectivity index (χ1n) is 41.0. The van der Waals surface area contributed by atoms with Crippen molar-refractivity contribution in [3.8, 4) is 0 Å². The smallest absolute Gasteiger partial charge is 0.157 e. The minimum atomic E-state index is -3.01. The topological polar surface area (TPSA) is 274 Å². The molecule has 1 N–H and O–H groups in total. The molecule has 0 radical (unpaired) electrons. The monoisotopic (exact) mass is 1670 g/mol. The number of nitrogens with zero attached hydrogens (tertiary/aromatic N) is 17. The highest BCUT2D eigenvalue weighted by Gasteiger charge is 2.42. The van der Waals surface area contributed by atoms with Gasteiger partial charge in [0.15, 0.2) is 39.3 Å². The first-order chi connectivity index (χ1) is 51.7. The van der Waals surface area contributed by atoms with Gasteiger partial charge in [-0.2, -0.15) is 0 Å². The van der Waals surface area contributed by atoms with Gasteiger partial charge in [0.2, 0.25) is 0 Å². The van der Waals surface area contributed by atoms with E-state index in [0.717, 1.165) is 66.2 Å². The van der Waals surface area contributed by atoms with Gasteiger partial charge >= 0.3 is 0 Å². The van der Waals surface area contributed by atoms with Crippen LogP contribution in [0, 0.1) is 39.5 Å². The zero-order valence-corrected chi connectivity index (χ0v) is 76.4. The van der Waals surface area contributed by atoms with Crippen molar-refractivity contribution in [3.05, 3.63) is 109 Å². The molecular formula is C84H154N18O8S4. The van der Waals surface area contributed by atoms with E-state index in [0.29, 0.717) is 89.5 Å². The lowest BCUT2D eigenvalue weighted by Crippen LogP contribution is -2.54. The standard InChI is InChI=1S/2C15H27N3.4C13H23N3O2S.2CH4/c2*1-5-14-11-17(12-16-14)9-13-7-6-8-18(10-13)15(2,3)4;3*1-11-7-15(10-14-11)8-12-9-16(13(2,3)4)5-6-19(12,17)18;1-10-12(15-9-14-10)7-11-8-16(13(2,3)4)5-6-19(11,17)18;;/h2*11-13H,5-10H2,1-4H3;3*7,10,12H,5-6,8-9H2,1-4H3;9,11H,5-8H2,1-4H3,(H,14,15);2*1H4/t2*13-;3*12-;;;/m00110.../s1. The van der Waals surface area contributed by atoms with Crippen molar-refractivity contribution in [2.45, 2.75) is 313 Å². The SMILES string of the molecule is C.C.CCc1cn(C[C@@H]2CCCN(C(C)(C)C)C2)cn1.CCc1cn(C[C@@H]2CCCN(C(C)(C)C)C2)cn1.Cc1[nH]cnc1CC1CN(C(C)(C)C)CCS1(=O)=O.Cc1cn(C[C@@H]2CN(C(C)(C)C)CCS2(=O)=O)cn1.Cc1cn(C[C@@H]2CN(C(C)(C)C)CCS2(=O)=O)cn1.Cc1cn(C[C@H]2CN(C(C)(C)C)CCS2(=O)=O)cn1. The predicted octanol–water partition coefficient (Wildman–Crippen LogP) is 11.6. The molecule has 0 aromatic carbocycles. The Morgan fingerprint density at radius 3 is 0.860 bits per heavy atom. The number of rotatable bonds is 14. The van der Waals surface area contributed by atoms with Crippen molar-refractivity contribution in [3.63, 3.8) is 0 Å². The molecule has 12 heterocycles. The molecule has 0 saturated carbocycles. The van der Waals surface area contributed by atoms with Gasteiger partial charge in [-0.15, -0.1) is 0 Å². The van der Waals surface area contributed by atoms with Crippen molar-refractivity contribution >= 4 is 39.3 Å². The number of piperidine rings is 2. The largest absolute Gasteiger partial charge is 0.348 e. The normalized spacial score (nSPS) is 23.4. The summed E-state index contributed by atoms with van der Waals surface area (Å²) in [6.07, 6.45) is 28.8. The molecule has 6 aliphatic rings. The Hall–Kier alpha value is -5.18. The second kappa shape index (κ2) is 41.2. The molecule has 0 bridgehead atoms. The number of hydrogen-bond acceptors (Lipinski definition) is 20. The average Bonchev–Trinajstić information content (AvgIpc) is 1.11. The Balaban J connectivity index is 0.000000243. The summed E-state index contributed by atoms with van der Waals surface area (Å²) < 4.78 is 108. The fourth-order valence-electron chi connectivity index (χ4n) is 15.4. The van der Waals surface area contributed by atoms with E-state index in [4.69, 9.17) is 0 Å². The number of nitrogens with one attached hydrogen (secondary N) is 1. The van der Waals surface area contributed by atoms with Gasteiger partial charge in [0, 0.05) is 175 Å². The van der Waals surface area contributed by atoms with Crippen LogP contribution in [0.5, 0.6) is 0 Å². The van der Waals surface area contributed by atoms with E-state index in [2.05, 4.69) is 224 Å². The minimum Gasteiger partial charge on any atom is -0.348 e. The fraction of sp³-hybridized carbons (Fsp3) is 0.786. The summed E-state index contributed by atoms with van der Waals surface area (Å²) in [6.45, 7) is 65.1. The first kappa shape index (κ1) is 99.4. The van der Waals surface area contributed by atoms with E-state index < -0.39 is 39.3 Å². The molecule has 6 atom stereocenters.